The number of alkyl halides is 1. The topological polar surface area (TPSA) is 43.4 Å². The number of halogens is 2. The van der Waals surface area contributed by atoms with E-state index in [9.17, 15) is 9.59 Å². The molecule has 0 saturated heterocycles. The number of rotatable bonds is 3. The fourth-order valence-electron chi connectivity index (χ4n) is 1.20. The molecule has 1 unspecified atom stereocenters. The number of methoxy groups -OCH3 is 1. The standard InChI is InChI=1S/C11H10BrClO3/c1-6(12)10(14)7-4-3-5-8(9(7)13)11(15)16-2/h3-6H,1-2H3. The van der Waals surface area contributed by atoms with Crippen LogP contribution < -0.4 is 0 Å². The normalized spacial score (nSPS) is 12.0. The van der Waals surface area contributed by atoms with Crippen molar-refractivity contribution in [2.24, 2.45) is 0 Å². The highest BCUT2D eigenvalue weighted by atomic mass is 79.9. The summed E-state index contributed by atoms with van der Waals surface area (Å²) in [5.74, 6) is -0.724. The van der Waals surface area contributed by atoms with Gasteiger partial charge in [0.15, 0.2) is 5.78 Å². The number of carbonyl (C=O) groups is 2. The van der Waals surface area contributed by atoms with Crippen molar-refractivity contribution in [3.8, 4) is 0 Å². The van der Waals surface area contributed by atoms with Gasteiger partial charge in [-0.1, -0.05) is 33.6 Å². The van der Waals surface area contributed by atoms with E-state index >= 15 is 0 Å². The minimum absolute atomic E-state index is 0.130. The first kappa shape index (κ1) is 13.2. The van der Waals surface area contributed by atoms with E-state index in [0.29, 0.717) is 5.56 Å². The summed E-state index contributed by atoms with van der Waals surface area (Å²) in [5.41, 5.74) is 0.511. The van der Waals surface area contributed by atoms with Gasteiger partial charge in [-0.05, 0) is 19.1 Å². The number of hydrogen-bond acceptors (Lipinski definition) is 3. The van der Waals surface area contributed by atoms with E-state index in [4.69, 9.17) is 11.6 Å². The van der Waals surface area contributed by atoms with Crippen molar-refractivity contribution < 1.29 is 14.3 Å². The van der Waals surface area contributed by atoms with Crippen LogP contribution >= 0.6 is 27.5 Å². The van der Waals surface area contributed by atoms with Crippen LogP contribution in [-0.2, 0) is 4.74 Å². The summed E-state index contributed by atoms with van der Waals surface area (Å²) in [7, 11) is 1.26. The molecule has 86 valence electrons. The molecular weight excluding hydrogens is 295 g/mol. The molecule has 1 aromatic rings. The summed E-state index contributed by atoms with van der Waals surface area (Å²) >= 11 is 9.14. The first-order chi connectivity index (χ1) is 7.49. The van der Waals surface area contributed by atoms with E-state index in [2.05, 4.69) is 20.7 Å². The molecule has 0 spiro atoms. The molecule has 5 heteroatoms. The van der Waals surface area contributed by atoms with Gasteiger partial charge in [-0.3, -0.25) is 4.79 Å². The maximum absolute atomic E-state index is 11.7. The monoisotopic (exact) mass is 304 g/mol. The Bertz CT molecular complexity index is 429. The Morgan fingerprint density at radius 3 is 2.44 bits per heavy atom. The molecule has 1 atom stereocenters. The van der Waals surface area contributed by atoms with Crippen molar-refractivity contribution >= 4 is 39.3 Å². The largest absolute Gasteiger partial charge is 0.465 e. The lowest BCUT2D eigenvalue weighted by Gasteiger charge is -2.08. The molecule has 16 heavy (non-hydrogen) atoms. The molecule has 0 aliphatic carbocycles. The van der Waals surface area contributed by atoms with Crippen LogP contribution in [0, 0.1) is 0 Å². The zero-order valence-corrected chi connectivity index (χ0v) is 11.1. The second-order valence-electron chi connectivity index (χ2n) is 3.14. The molecule has 0 saturated carbocycles. The van der Waals surface area contributed by atoms with Gasteiger partial charge in [0, 0.05) is 5.56 Å². The second-order valence-corrected chi connectivity index (χ2v) is 4.89. The van der Waals surface area contributed by atoms with Crippen LogP contribution in [0.4, 0.5) is 0 Å². The molecule has 0 N–H and O–H groups in total. The average molecular weight is 306 g/mol. The first-order valence-electron chi connectivity index (χ1n) is 4.54. The van der Waals surface area contributed by atoms with Gasteiger partial charge < -0.3 is 4.74 Å². The maximum Gasteiger partial charge on any atom is 0.339 e. The zero-order chi connectivity index (χ0) is 12.3. The number of Topliss-reactive ketones (excluding diaryl/α,β-unsaturated/α-hetero) is 1. The Kier molecular flexibility index (Phi) is 4.50. The molecule has 3 nitrogen and oxygen atoms in total. The molecule has 0 amide bonds. The number of ketones is 1. The quantitative estimate of drug-likeness (QED) is 0.489. The van der Waals surface area contributed by atoms with E-state index in [1.165, 1.54) is 13.2 Å². The number of ether oxygens (including phenoxy) is 1. The van der Waals surface area contributed by atoms with Gasteiger partial charge >= 0.3 is 5.97 Å². The second kappa shape index (κ2) is 5.46. The SMILES string of the molecule is COC(=O)c1cccc(C(=O)C(C)Br)c1Cl. The smallest absolute Gasteiger partial charge is 0.339 e. The van der Waals surface area contributed by atoms with Gasteiger partial charge in [-0.2, -0.15) is 0 Å². The summed E-state index contributed by atoms with van der Waals surface area (Å²) in [4.78, 5) is 22.7. The first-order valence-corrected chi connectivity index (χ1v) is 5.83. The zero-order valence-electron chi connectivity index (χ0n) is 8.79. The van der Waals surface area contributed by atoms with Crippen LogP contribution in [0.3, 0.4) is 0 Å². The molecule has 1 aromatic carbocycles. The summed E-state index contributed by atoms with van der Waals surface area (Å²) in [6.07, 6.45) is 0. The highest BCUT2D eigenvalue weighted by Gasteiger charge is 2.20. The van der Waals surface area contributed by atoms with Gasteiger partial charge in [0.05, 0.1) is 22.5 Å². The van der Waals surface area contributed by atoms with Gasteiger partial charge in [-0.25, -0.2) is 4.79 Å². The van der Waals surface area contributed by atoms with Gasteiger partial charge in [0.25, 0.3) is 0 Å². The van der Waals surface area contributed by atoms with E-state index in [-0.39, 0.29) is 21.2 Å². The van der Waals surface area contributed by atoms with Crippen LogP contribution in [0.1, 0.15) is 27.6 Å². The summed E-state index contributed by atoms with van der Waals surface area (Å²) in [6.45, 7) is 1.70. The van der Waals surface area contributed by atoms with E-state index in [1.54, 1.807) is 19.1 Å². The van der Waals surface area contributed by atoms with E-state index < -0.39 is 5.97 Å². The minimum atomic E-state index is -0.554. The molecule has 0 radical (unpaired) electrons. The predicted octanol–water partition coefficient (Wildman–Crippen LogP) is 3.09. The molecule has 0 heterocycles. The summed E-state index contributed by atoms with van der Waals surface area (Å²) in [6, 6.07) is 4.69. The van der Waals surface area contributed by atoms with E-state index in [1.807, 2.05) is 0 Å². The number of esters is 1. The van der Waals surface area contributed by atoms with Crippen LogP contribution in [0.2, 0.25) is 5.02 Å². The maximum atomic E-state index is 11.7. The number of benzene rings is 1. The highest BCUT2D eigenvalue weighted by Crippen LogP contribution is 2.24. The molecule has 0 bridgehead atoms. The fourth-order valence-corrected chi connectivity index (χ4v) is 1.75. The Hall–Kier alpha value is -0.870. The lowest BCUT2D eigenvalue weighted by molar-refractivity contribution is 0.0601. The third kappa shape index (κ3) is 2.62. The summed E-state index contributed by atoms with van der Waals surface area (Å²) in [5, 5.41) is 0.130. The fraction of sp³-hybridized carbons (Fsp3) is 0.273. The van der Waals surface area contributed by atoms with Crippen molar-refractivity contribution in [1.82, 2.24) is 0 Å². The number of carbonyl (C=O) groups excluding carboxylic acids is 2. The lowest BCUT2D eigenvalue weighted by atomic mass is 10.1. The lowest BCUT2D eigenvalue weighted by Crippen LogP contribution is -2.12. The molecule has 0 aliphatic rings. The Morgan fingerprint density at radius 2 is 1.94 bits per heavy atom. The Labute approximate surface area is 107 Å². The van der Waals surface area contributed by atoms with Crippen molar-refractivity contribution in [2.45, 2.75) is 11.8 Å². The van der Waals surface area contributed by atoms with Gasteiger partial charge in [0.1, 0.15) is 0 Å². The number of hydrogen-bond donors (Lipinski definition) is 0. The van der Waals surface area contributed by atoms with Crippen molar-refractivity contribution in [3.05, 3.63) is 34.3 Å². The highest BCUT2D eigenvalue weighted by molar-refractivity contribution is 9.10. The van der Waals surface area contributed by atoms with Crippen LogP contribution in [-0.4, -0.2) is 23.7 Å². The van der Waals surface area contributed by atoms with Gasteiger partial charge in [0.2, 0.25) is 0 Å². The van der Waals surface area contributed by atoms with Crippen molar-refractivity contribution in [2.75, 3.05) is 7.11 Å². The van der Waals surface area contributed by atoms with Gasteiger partial charge in [-0.15, -0.1) is 0 Å². The minimum Gasteiger partial charge on any atom is -0.465 e. The average Bonchev–Trinajstić information content (AvgIpc) is 2.27. The van der Waals surface area contributed by atoms with E-state index in [0.717, 1.165) is 0 Å². The van der Waals surface area contributed by atoms with Crippen LogP contribution in [0.15, 0.2) is 18.2 Å². The Balaban J connectivity index is 3.24. The Morgan fingerprint density at radius 1 is 1.38 bits per heavy atom. The molecule has 0 aliphatic heterocycles. The summed E-state index contributed by atoms with van der Waals surface area (Å²) < 4.78 is 4.57. The molecule has 0 fully saturated rings. The van der Waals surface area contributed by atoms with Crippen molar-refractivity contribution in [3.63, 3.8) is 0 Å². The molecule has 1 rings (SSSR count). The molecular formula is C11H10BrClO3. The van der Waals surface area contributed by atoms with Crippen molar-refractivity contribution in [1.29, 1.82) is 0 Å². The third-order valence-corrected chi connectivity index (χ3v) is 2.85. The van der Waals surface area contributed by atoms with Crippen LogP contribution in [0.5, 0.6) is 0 Å². The molecule has 0 aromatic heterocycles. The van der Waals surface area contributed by atoms with Crippen LogP contribution in [0.25, 0.3) is 0 Å². The predicted molar refractivity (Wildman–Crippen MR) is 65.5 cm³/mol. The third-order valence-electron chi connectivity index (χ3n) is 2.03.